The minimum absolute atomic E-state index is 0.321. The fourth-order valence-corrected chi connectivity index (χ4v) is 8.30. The first-order valence-electron chi connectivity index (χ1n) is 19.3. The smallest absolute Gasteiger partial charge is 0.211 e. The molecular formula is C36H57Cl2N3O19S. The summed E-state index contributed by atoms with van der Waals surface area (Å²) in [7, 11) is 7.36. The molecule has 0 aromatic heterocycles. The lowest BCUT2D eigenvalue weighted by molar-refractivity contribution is -0.226. The first kappa shape index (κ1) is 50.7. The molecule has 22 nitrogen and oxygen atoms in total. The molecule has 0 aromatic carbocycles. The highest BCUT2D eigenvalue weighted by Gasteiger charge is 2.63. The van der Waals surface area contributed by atoms with Crippen LogP contribution in [0.4, 0.5) is 0 Å². The maximum atomic E-state index is 11.1. The van der Waals surface area contributed by atoms with Gasteiger partial charge in [0.2, 0.25) is 9.23 Å². The molecule has 0 amide bonds. The Bertz CT molecular complexity index is 1630. The summed E-state index contributed by atoms with van der Waals surface area (Å²) in [4.78, 5) is 11.1. The predicted octanol–water partition coefficient (Wildman–Crippen LogP) is 2.71. The molecule has 0 bridgehead atoms. The molecule has 61 heavy (non-hydrogen) atoms. The van der Waals surface area contributed by atoms with E-state index in [0.29, 0.717) is 0 Å². The summed E-state index contributed by atoms with van der Waals surface area (Å²) < 4.78 is 95.1. The highest BCUT2D eigenvalue weighted by atomic mass is 36.0. The van der Waals surface area contributed by atoms with Crippen LogP contribution < -0.4 is 5.90 Å². The molecule has 9 fully saturated rings. The Hall–Kier alpha value is -1.32. The molecule has 0 radical (unpaired) electrons. The average molecular weight is 939 g/mol. The number of halogens is 2. The number of oxime groups is 1. The number of rotatable bonds is 2. The molecular weight excluding hydrogens is 881 g/mol. The lowest BCUT2D eigenvalue weighted by Gasteiger charge is -2.35. The maximum absolute atomic E-state index is 11.1. The van der Waals surface area contributed by atoms with Crippen molar-refractivity contribution >= 4 is 43.1 Å². The van der Waals surface area contributed by atoms with Gasteiger partial charge in [-0.05, 0) is 83.1 Å². The average Bonchev–Trinajstić information content (AvgIpc) is 3.94. The van der Waals surface area contributed by atoms with E-state index in [1.165, 1.54) is 6.21 Å². The van der Waals surface area contributed by atoms with E-state index in [1.54, 1.807) is 13.8 Å². The third-order valence-electron chi connectivity index (χ3n) is 10.0. The van der Waals surface area contributed by atoms with Crippen molar-refractivity contribution in [3.8, 4) is 6.07 Å². The van der Waals surface area contributed by atoms with Crippen LogP contribution in [0.2, 0.25) is 0 Å². The van der Waals surface area contributed by atoms with E-state index in [0.717, 1.165) is 6.29 Å². The summed E-state index contributed by atoms with van der Waals surface area (Å²) in [6.07, 6.45) is -5.01. The zero-order valence-corrected chi connectivity index (χ0v) is 38.1. The quantitative estimate of drug-likeness (QED) is 0.118. The number of ether oxygens (including phenoxy) is 15. The minimum atomic E-state index is -1.67. The molecule has 0 spiro atoms. The van der Waals surface area contributed by atoms with Crippen molar-refractivity contribution in [1.82, 2.24) is 0 Å². The molecule has 4 N–H and O–H groups in total. The van der Waals surface area contributed by atoms with E-state index >= 15 is 0 Å². The number of fused-ring (bicyclic) bond motifs is 9. The molecule has 9 rings (SSSR count). The van der Waals surface area contributed by atoms with Gasteiger partial charge in [-0.25, -0.2) is 10.1 Å². The van der Waals surface area contributed by atoms with E-state index in [2.05, 4.69) is 38.5 Å². The van der Waals surface area contributed by atoms with Crippen LogP contribution in [0.5, 0.6) is 0 Å². The van der Waals surface area contributed by atoms with Gasteiger partial charge in [-0.2, -0.15) is 5.26 Å². The molecule has 9 aliphatic rings. The van der Waals surface area contributed by atoms with Gasteiger partial charge in [-0.15, -0.1) is 0 Å². The standard InChI is InChI=1S/C12H19NO6.C12H17NO5.C12H18O6.Cl2OS.H3NO/c1-11(2)16-7-6(5-13-14)15-10-9(8(7)17-11)18-12(3,4)19-10;2*1-11(2)15-7-6(5-13)14-10-9(8(7)16-11)17-12(3,4)18-10;1-4(2)3;1-2/h5-10,14H,1-4H3;6-10H,1-4H3;5-10H,1-4H3;;2H,1H2/t3*6-,7+,8?,9-,10-;;/m000../s1. The van der Waals surface area contributed by atoms with E-state index in [1.807, 2.05) is 69.2 Å². The van der Waals surface area contributed by atoms with Crippen molar-refractivity contribution in [2.75, 3.05) is 0 Å². The summed E-state index contributed by atoms with van der Waals surface area (Å²) in [5.41, 5.74) is 0. The largest absolute Gasteiger partial charge is 0.411 e. The molecule has 9 heterocycles. The molecule has 3 unspecified atom stereocenters. The maximum Gasteiger partial charge on any atom is 0.211 e. The summed E-state index contributed by atoms with van der Waals surface area (Å²) in [5, 5.41) is 27.4. The van der Waals surface area contributed by atoms with Crippen LogP contribution in [0, 0.1) is 11.3 Å². The topological polar surface area (TPSA) is 275 Å². The van der Waals surface area contributed by atoms with Gasteiger partial charge in [0.05, 0.1) is 12.3 Å². The van der Waals surface area contributed by atoms with Crippen molar-refractivity contribution in [2.24, 2.45) is 11.1 Å². The highest BCUT2D eigenvalue weighted by Crippen LogP contribution is 2.46. The zero-order valence-electron chi connectivity index (χ0n) is 35.8. The second-order valence-corrected chi connectivity index (χ2v) is 20.1. The second-order valence-electron chi connectivity index (χ2n) is 17.6. The van der Waals surface area contributed by atoms with Crippen molar-refractivity contribution in [3.05, 3.63) is 0 Å². The van der Waals surface area contributed by atoms with E-state index in [9.17, 15) is 4.79 Å². The third kappa shape index (κ3) is 11.9. The Morgan fingerprint density at radius 3 is 1.16 bits per heavy atom. The van der Waals surface area contributed by atoms with Crippen molar-refractivity contribution in [3.63, 3.8) is 0 Å². The second kappa shape index (κ2) is 18.9. The van der Waals surface area contributed by atoms with Gasteiger partial charge < -0.3 is 86.3 Å². The van der Waals surface area contributed by atoms with Crippen molar-refractivity contribution < 1.29 is 90.5 Å². The van der Waals surface area contributed by atoms with Gasteiger partial charge >= 0.3 is 0 Å². The van der Waals surface area contributed by atoms with Gasteiger partial charge in [-0.3, -0.25) is 0 Å². The van der Waals surface area contributed by atoms with Crippen LogP contribution in [0.25, 0.3) is 0 Å². The minimum Gasteiger partial charge on any atom is -0.411 e. The summed E-state index contributed by atoms with van der Waals surface area (Å²) in [6.45, 7) is 21.8. The molecule has 9 saturated heterocycles. The van der Waals surface area contributed by atoms with Crippen LogP contribution in [0.3, 0.4) is 0 Å². The fraction of sp³-hybridized carbons (Fsp3) is 0.917. The molecule has 9 aliphatic heterocycles. The Morgan fingerprint density at radius 1 is 0.525 bits per heavy atom. The number of hydrogen-bond donors (Lipinski definition) is 3. The Morgan fingerprint density at radius 2 is 0.803 bits per heavy atom. The third-order valence-corrected chi connectivity index (χ3v) is 10.0. The number of nitriles is 1. The number of hydrogen-bond acceptors (Lipinski definition) is 22. The first-order valence-corrected chi connectivity index (χ1v) is 22.1. The summed E-state index contributed by atoms with van der Waals surface area (Å²) >= 11 is 0. The fourth-order valence-electron chi connectivity index (χ4n) is 8.30. The summed E-state index contributed by atoms with van der Waals surface area (Å²) in [6, 6.07) is 2.09. The Kier molecular flexibility index (Phi) is 15.7. The Labute approximate surface area is 364 Å². The van der Waals surface area contributed by atoms with Crippen LogP contribution in [-0.4, -0.2) is 154 Å². The number of aldehydes is 1. The van der Waals surface area contributed by atoms with Gasteiger partial charge in [0, 0.05) is 21.4 Å². The SMILES string of the molecule is CC1(C)O[C@@H]2O[C@@H](C#N)[C@H]3OC(C)(C)OC3[C@@H]2O1.CC1(C)O[C@@H]2O[C@@H](C=NO)[C@H]3OC(C)(C)OC3[C@@H]2O1.CC1(C)O[C@@H]2O[C@@H](C=O)[C@H]3OC(C)(C)OC3[C@@H]2O1.NO.O=S(Cl)Cl. The molecule has 0 aliphatic carbocycles. The number of nitrogens with two attached hydrogens (primary N) is 1. The Balaban J connectivity index is 0.000000162. The van der Waals surface area contributed by atoms with Gasteiger partial charge in [0.1, 0.15) is 67.1 Å². The first-order chi connectivity index (χ1) is 28.2. The molecule has 15 atom stereocenters. The lowest BCUT2D eigenvalue weighted by Crippen LogP contribution is -2.55. The molecule has 350 valence electrons. The van der Waals surface area contributed by atoms with Crippen LogP contribution >= 0.6 is 21.4 Å². The number of carbonyl (C=O) groups is 1. The highest BCUT2D eigenvalue weighted by molar-refractivity contribution is 8.26. The van der Waals surface area contributed by atoms with Crippen molar-refractivity contribution in [1.29, 1.82) is 5.26 Å². The lowest BCUT2D eigenvalue weighted by atomic mass is 10.00. The monoisotopic (exact) mass is 937 g/mol. The van der Waals surface area contributed by atoms with E-state index in [-0.39, 0.29) is 42.7 Å². The van der Waals surface area contributed by atoms with Crippen LogP contribution in [-0.2, 0) is 85.1 Å². The summed E-state index contributed by atoms with van der Waals surface area (Å²) in [5.74, 6) is -0.926. The zero-order chi connectivity index (χ0) is 45.7. The normalized spacial score (nSPS) is 44.0. The van der Waals surface area contributed by atoms with Gasteiger partial charge in [0.25, 0.3) is 0 Å². The van der Waals surface area contributed by atoms with E-state index < -0.39 is 93.3 Å². The van der Waals surface area contributed by atoms with Crippen molar-refractivity contribution in [2.45, 2.75) is 210 Å². The predicted molar refractivity (Wildman–Crippen MR) is 205 cm³/mol. The van der Waals surface area contributed by atoms with Crippen LogP contribution in [0.1, 0.15) is 83.1 Å². The number of nitrogens with zero attached hydrogens (tertiary/aromatic N) is 2. The number of carbonyl (C=O) groups excluding carboxylic acids is 1. The van der Waals surface area contributed by atoms with E-state index in [4.69, 9.17) is 90.9 Å². The molecule has 25 heteroatoms. The molecule has 0 saturated carbocycles. The van der Waals surface area contributed by atoms with Crippen LogP contribution in [0.15, 0.2) is 5.16 Å². The van der Waals surface area contributed by atoms with Gasteiger partial charge in [0.15, 0.2) is 66.0 Å². The molecule has 0 aromatic rings. The van der Waals surface area contributed by atoms with Gasteiger partial charge in [-0.1, -0.05) is 5.16 Å².